The van der Waals surface area contributed by atoms with Gasteiger partial charge in [-0.25, -0.2) is 0 Å². The number of rotatable bonds is 5. The second-order valence-corrected chi connectivity index (χ2v) is 8.46. The van der Waals surface area contributed by atoms with Gasteiger partial charge in [-0.15, -0.1) is 0 Å². The van der Waals surface area contributed by atoms with Crippen LogP contribution in [-0.4, -0.2) is 37.0 Å². The molecule has 148 valence electrons. The van der Waals surface area contributed by atoms with E-state index < -0.39 is 0 Å². The number of fused-ring (bicyclic) bond motifs is 1. The van der Waals surface area contributed by atoms with Crippen molar-refractivity contribution in [3.8, 4) is 5.75 Å². The third-order valence-corrected chi connectivity index (χ3v) is 4.74. The highest BCUT2D eigenvalue weighted by atomic mass is 16.5. The molecule has 3 rings (SSSR count). The molecule has 0 bridgehead atoms. The minimum Gasteiger partial charge on any atom is -0.495 e. The number of carbonyl (C=O) groups excluding carboxylic acids is 1. The fourth-order valence-corrected chi connectivity index (χ4v) is 3.22. The number of carbonyl (C=O) groups is 1. The second kappa shape index (κ2) is 7.68. The Morgan fingerprint density at radius 2 is 1.86 bits per heavy atom. The number of amides is 1. The molecule has 1 heterocycles. The van der Waals surface area contributed by atoms with Crippen molar-refractivity contribution in [2.75, 3.05) is 26.5 Å². The highest BCUT2D eigenvalue weighted by Gasteiger charge is 2.17. The number of nitrogens with zero attached hydrogens (tertiary/aromatic N) is 1. The Bertz CT molecular complexity index is 997. The van der Waals surface area contributed by atoms with Gasteiger partial charge in [-0.2, -0.15) is 0 Å². The number of nitrogens with one attached hydrogen (secondary N) is 2. The molecule has 3 aromatic rings. The SMILES string of the molecule is COc1ccc(CN(C)C)cc1NC(=O)c1cc2ccc(C(C)(C)C)cc2[nH]1. The molecule has 0 saturated carbocycles. The summed E-state index contributed by atoms with van der Waals surface area (Å²) in [6.45, 7) is 7.32. The van der Waals surface area contributed by atoms with Gasteiger partial charge in [-0.3, -0.25) is 4.79 Å². The van der Waals surface area contributed by atoms with Gasteiger partial charge in [-0.1, -0.05) is 39.0 Å². The molecule has 2 aromatic carbocycles. The maximum atomic E-state index is 12.9. The highest BCUT2D eigenvalue weighted by molar-refractivity contribution is 6.06. The zero-order valence-corrected chi connectivity index (χ0v) is 17.5. The Morgan fingerprint density at radius 1 is 1.11 bits per heavy atom. The summed E-state index contributed by atoms with van der Waals surface area (Å²) in [5.41, 5.74) is 4.55. The van der Waals surface area contributed by atoms with E-state index in [1.165, 1.54) is 5.56 Å². The van der Waals surface area contributed by atoms with Crippen LogP contribution >= 0.6 is 0 Å². The summed E-state index contributed by atoms with van der Waals surface area (Å²) >= 11 is 0. The zero-order chi connectivity index (χ0) is 20.5. The van der Waals surface area contributed by atoms with Crippen LogP contribution in [0, 0.1) is 0 Å². The largest absolute Gasteiger partial charge is 0.495 e. The van der Waals surface area contributed by atoms with Crippen molar-refractivity contribution in [3.05, 3.63) is 59.3 Å². The van der Waals surface area contributed by atoms with Crippen LogP contribution in [0.2, 0.25) is 0 Å². The van der Waals surface area contributed by atoms with E-state index in [0.29, 0.717) is 17.1 Å². The summed E-state index contributed by atoms with van der Waals surface area (Å²) < 4.78 is 5.42. The van der Waals surface area contributed by atoms with Crippen LogP contribution in [0.1, 0.15) is 42.4 Å². The number of benzene rings is 2. The molecule has 5 heteroatoms. The average molecular weight is 380 g/mol. The summed E-state index contributed by atoms with van der Waals surface area (Å²) in [6, 6.07) is 14.0. The van der Waals surface area contributed by atoms with E-state index in [4.69, 9.17) is 4.74 Å². The molecular formula is C23H29N3O2. The number of H-pyrrole nitrogens is 1. The molecule has 0 radical (unpaired) electrons. The molecular weight excluding hydrogens is 350 g/mol. The van der Waals surface area contributed by atoms with E-state index in [1.54, 1.807) is 7.11 Å². The maximum Gasteiger partial charge on any atom is 0.272 e. The minimum absolute atomic E-state index is 0.0575. The first kappa shape index (κ1) is 20.0. The fraction of sp³-hybridized carbons (Fsp3) is 0.348. The normalized spacial score (nSPS) is 11.8. The van der Waals surface area contributed by atoms with E-state index in [-0.39, 0.29) is 11.3 Å². The van der Waals surface area contributed by atoms with Gasteiger partial charge in [0.05, 0.1) is 12.8 Å². The van der Waals surface area contributed by atoms with Gasteiger partial charge in [0.1, 0.15) is 11.4 Å². The average Bonchev–Trinajstić information content (AvgIpc) is 3.04. The first-order valence-corrected chi connectivity index (χ1v) is 9.43. The fourth-order valence-electron chi connectivity index (χ4n) is 3.22. The van der Waals surface area contributed by atoms with Gasteiger partial charge < -0.3 is 19.9 Å². The molecule has 2 N–H and O–H groups in total. The number of hydrogen-bond acceptors (Lipinski definition) is 3. The quantitative estimate of drug-likeness (QED) is 0.670. The summed E-state index contributed by atoms with van der Waals surface area (Å²) in [5.74, 6) is 0.454. The number of anilines is 1. The van der Waals surface area contributed by atoms with Crippen molar-refractivity contribution < 1.29 is 9.53 Å². The van der Waals surface area contributed by atoms with E-state index in [2.05, 4.69) is 54.2 Å². The van der Waals surface area contributed by atoms with Crippen molar-refractivity contribution in [1.82, 2.24) is 9.88 Å². The van der Waals surface area contributed by atoms with Crippen molar-refractivity contribution in [2.24, 2.45) is 0 Å². The molecule has 0 spiro atoms. The van der Waals surface area contributed by atoms with Crippen LogP contribution < -0.4 is 10.1 Å². The Hall–Kier alpha value is -2.79. The molecule has 0 unspecified atom stereocenters. The molecule has 28 heavy (non-hydrogen) atoms. The minimum atomic E-state index is -0.186. The van der Waals surface area contributed by atoms with Crippen LogP contribution in [0.5, 0.6) is 5.75 Å². The van der Waals surface area contributed by atoms with E-state index >= 15 is 0 Å². The summed E-state index contributed by atoms with van der Waals surface area (Å²) in [6.07, 6.45) is 0. The number of aromatic amines is 1. The first-order valence-electron chi connectivity index (χ1n) is 9.43. The van der Waals surface area contributed by atoms with Crippen molar-refractivity contribution in [3.63, 3.8) is 0 Å². The molecule has 0 fully saturated rings. The predicted molar refractivity (Wildman–Crippen MR) is 115 cm³/mol. The van der Waals surface area contributed by atoms with Crippen LogP contribution in [0.4, 0.5) is 5.69 Å². The van der Waals surface area contributed by atoms with E-state index in [1.807, 2.05) is 38.4 Å². The number of methoxy groups -OCH3 is 1. The van der Waals surface area contributed by atoms with Crippen LogP contribution in [0.25, 0.3) is 10.9 Å². The molecule has 0 atom stereocenters. The van der Waals surface area contributed by atoms with E-state index in [0.717, 1.165) is 23.0 Å². The van der Waals surface area contributed by atoms with Gasteiger partial charge >= 0.3 is 0 Å². The lowest BCUT2D eigenvalue weighted by Gasteiger charge is -2.18. The topological polar surface area (TPSA) is 57.4 Å². The lowest BCUT2D eigenvalue weighted by Crippen LogP contribution is -2.14. The Balaban J connectivity index is 1.88. The molecule has 0 aliphatic heterocycles. The summed E-state index contributed by atoms with van der Waals surface area (Å²) in [7, 11) is 5.63. The Kier molecular flexibility index (Phi) is 5.47. The molecule has 1 amide bonds. The molecule has 0 aliphatic carbocycles. The monoisotopic (exact) mass is 379 g/mol. The summed E-state index contributed by atoms with van der Waals surface area (Å²) in [4.78, 5) is 18.2. The summed E-state index contributed by atoms with van der Waals surface area (Å²) in [5, 5.41) is 4.00. The van der Waals surface area contributed by atoms with Crippen LogP contribution in [0.3, 0.4) is 0 Å². The smallest absolute Gasteiger partial charge is 0.272 e. The van der Waals surface area contributed by atoms with Gasteiger partial charge in [0.2, 0.25) is 0 Å². The third kappa shape index (κ3) is 4.37. The van der Waals surface area contributed by atoms with Gasteiger partial charge in [0.15, 0.2) is 0 Å². The maximum absolute atomic E-state index is 12.9. The molecule has 0 aliphatic rings. The molecule has 0 saturated heterocycles. The van der Waals surface area contributed by atoms with Gasteiger partial charge in [0.25, 0.3) is 5.91 Å². The van der Waals surface area contributed by atoms with Crippen molar-refractivity contribution in [2.45, 2.75) is 32.7 Å². The highest BCUT2D eigenvalue weighted by Crippen LogP contribution is 2.28. The van der Waals surface area contributed by atoms with Gasteiger partial charge in [-0.05, 0) is 54.9 Å². The van der Waals surface area contributed by atoms with Crippen LogP contribution in [-0.2, 0) is 12.0 Å². The van der Waals surface area contributed by atoms with E-state index in [9.17, 15) is 4.79 Å². The van der Waals surface area contributed by atoms with Crippen LogP contribution in [0.15, 0.2) is 42.5 Å². The first-order chi connectivity index (χ1) is 13.2. The standard InChI is InChI=1S/C23H29N3O2/c1-23(2,3)17-9-8-16-12-20(24-18(16)13-17)22(27)25-19-11-15(14-26(4)5)7-10-21(19)28-6/h7-13,24H,14H2,1-6H3,(H,25,27). The number of aromatic nitrogens is 1. The third-order valence-electron chi connectivity index (χ3n) is 4.74. The number of ether oxygens (including phenoxy) is 1. The predicted octanol–water partition coefficient (Wildman–Crippen LogP) is 4.79. The Labute approximate surface area is 166 Å². The van der Waals surface area contributed by atoms with Crippen molar-refractivity contribution in [1.29, 1.82) is 0 Å². The lowest BCUT2D eigenvalue weighted by molar-refractivity contribution is 0.102. The zero-order valence-electron chi connectivity index (χ0n) is 17.5. The molecule has 5 nitrogen and oxygen atoms in total. The van der Waals surface area contributed by atoms with Gasteiger partial charge in [0, 0.05) is 17.4 Å². The number of hydrogen-bond donors (Lipinski definition) is 2. The molecule has 1 aromatic heterocycles. The van der Waals surface area contributed by atoms with Crippen molar-refractivity contribution >= 4 is 22.5 Å². The second-order valence-electron chi connectivity index (χ2n) is 8.46. The lowest BCUT2D eigenvalue weighted by atomic mass is 9.87. The Morgan fingerprint density at radius 3 is 2.50 bits per heavy atom.